The summed E-state index contributed by atoms with van der Waals surface area (Å²) in [5.41, 5.74) is 2.96. The van der Waals surface area contributed by atoms with E-state index in [9.17, 15) is 14.4 Å². The summed E-state index contributed by atoms with van der Waals surface area (Å²) in [7, 11) is 0. The van der Waals surface area contributed by atoms with E-state index < -0.39 is 0 Å². The Hall–Kier alpha value is -3.81. The van der Waals surface area contributed by atoms with Crippen LogP contribution < -0.4 is 5.32 Å². The van der Waals surface area contributed by atoms with E-state index in [1.54, 1.807) is 12.1 Å². The summed E-state index contributed by atoms with van der Waals surface area (Å²) in [4.78, 5) is 42.4. The zero-order valence-electron chi connectivity index (χ0n) is 19.4. The lowest BCUT2D eigenvalue weighted by atomic mass is 10.0. The zero-order valence-corrected chi connectivity index (χ0v) is 19.4. The van der Waals surface area contributed by atoms with E-state index >= 15 is 0 Å². The van der Waals surface area contributed by atoms with E-state index in [4.69, 9.17) is 4.74 Å². The van der Waals surface area contributed by atoms with E-state index in [1.165, 1.54) is 11.0 Å². The van der Waals surface area contributed by atoms with Gasteiger partial charge in [0, 0.05) is 25.2 Å². The van der Waals surface area contributed by atoms with Gasteiger partial charge in [0.1, 0.15) is 0 Å². The van der Waals surface area contributed by atoms with Crippen molar-refractivity contribution in [1.82, 2.24) is 15.1 Å². The maximum absolute atomic E-state index is 13.1. The van der Waals surface area contributed by atoms with E-state index in [1.807, 2.05) is 48.5 Å². The van der Waals surface area contributed by atoms with Crippen molar-refractivity contribution < 1.29 is 19.1 Å². The van der Waals surface area contributed by atoms with Crippen LogP contribution in [0.4, 0.5) is 0 Å². The molecule has 0 spiro atoms. The molecule has 2 heterocycles. The topological polar surface area (TPSA) is 79.0 Å². The minimum atomic E-state index is -0.376. The third-order valence-electron chi connectivity index (χ3n) is 6.54. The summed E-state index contributed by atoms with van der Waals surface area (Å²) in [6, 6.07) is 24.2. The van der Waals surface area contributed by atoms with Gasteiger partial charge in [-0.3, -0.25) is 24.2 Å². The number of imide groups is 1. The van der Waals surface area contributed by atoms with Crippen LogP contribution in [0.1, 0.15) is 48.2 Å². The van der Waals surface area contributed by atoms with Gasteiger partial charge in [-0.2, -0.15) is 0 Å². The quantitative estimate of drug-likeness (QED) is 0.538. The average Bonchev–Trinajstić information content (AvgIpc) is 3.15. The summed E-state index contributed by atoms with van der Waals surface area (Å²) in [6.45, 7) is 3.54. The molecule has 1 N–H and O–H groups in total. The molecule has 5 rings (SSSR count). The molecule has 1 fully saturated rings. The molecule has 2 aliphatic heterocycles. The van der Waals surface area contributed by atoms with Crippen LogP contribution in [0.3, 0.4) is 0 Å². The second-order valence-electron chi connectivity index (χ2n) is 8.73. The van der Waals surface area contributed by atoms with Crippen LogP contribution >= 0.6 is 0 Å². The van der Waals surface area contributed by atoms with Crippen molar-refractivity contribution in [1.29, 1.82) is 0 Å². The van der Waals surface area contributed by atoms with Gasteiger partial charge in [0.05, 0.1) is 36.9 Å². The van der Waals surface area contributed by atoms with Crippen molar-refractivity contribution in [3.05, 3.63) is 107 Å². The van der Waals surface area contributed by atoms with Crippen molar-refractivity contribution in [2.24, 2.45) is 0 Å². The van der Waals surface area contributed by atoms with Gasteiger partial charge in [-0.15, -0.1) is 0 Å². The van der Waals surface area contributed by atoms with Crippen LogP contribution in [-0.2, 0) is 11.3 Å². The molecule has 0 bridgehead atoms. The number of carbonyl (C=O) groups is 3. The minimum absolute atomic E-state index is 0.0167. The highest BCUT2D eigenvalue weighted by Crippen LogP contribution is 2.26. The highest BCUT2D eigenvalue weighted by molar-refractivity contribution is 6.22. The van der Waals surface area contributed by atoms with Crippen molar-refractivity contribution in [3.8, 4) is 0 Å². The molecular formula is C28H27N3O4. The van der Waals surface area contributed by atoms with Crippen LogP contribution in [0.15, 0.2) is 78.9 Å². The molecule has 7 nitrogen and oxygen atoms in total. The molecule has 3 aromatic rings. The van der Waals surface area contributed by atoms with Gasteiger partial charge in [-0.1, -0.05) is 60.7 Å². The summed E-state index contributed by atoms with van der Waals surface area (Å²) in [5.74, 6) is -0.986. The number of rotatable bonds is 7. The summed E-state index contributed by atoms with van der Waals surface area (Å²) >= 11 is 0. The molecule has 1 atom stereocenters. The minimum Gasteiger partial charge on any atom is -0.379 e. The lowest BCUT2D eigenvalue weighted by Crippen LogP contribution is -2.43. The number of benzene rings is 3. The van der Waals surface area contributed by atoms with Crippen LogP contribution in [0.25, 0.3) is 0 Å². The highest BCUT2D eigenvalue weighted by Gasteiger charge is 2.36. The molecule has 0 aliphatic carbocycles. The predicted octanol–water partition coefficient (Wildman–Crippen LogP) is 3.29. The first kappa shape index (κ1) is 23.0. The lowest BCUT2D eigenvalue weighted by Gasteiger charge is -2.35. The standard InChI is InChI=1S/C28H27N3O4/c32-26(29-18-25(21-9-5-2-6-10-21)30-13-15-35-16-14-30)22-11-12-23-24(17-22)28(34)31(27(23)33)19-20-7-3-1-4-8-20/h1-12,17,25H,13-16,18-19H2,(H,29,32). The fourth-order valence-electron chi connectivity index (χ4n) is 4.66. The summed E-state index contributed by atoms with van der Waals surface area (Å²) < 4.78 is 5.50. The fourth-order valence-corrected chi connectivity index (χ4v) is 4.66. The Labute approximate surface area is 204 Å². The van der Waals surface area contributed by atoms with Crippen molar-refractivity contribution in [2.45, 2.75) is 12.6 Å². The van der Waals surface area contributed by atoms with Crippen molar-refractivity contribution in [3.63, 3.8) is 0 Å². The Bertz CT molecular complexity index is 1220. The normalized spacial score (nSPS) is 16.7. The maximum Gasteiger partial charge on any atom is 0.261 e. The number of nitrogens with zero attached hydrogens (tertiary/aromatic N) is 2. The fraction of sp³-hybridized carbons (Fsp3) is 0.250. The van der Waals surface area contributed by atoms with E-state index in [-0.39, 0.29) is 35.9 Å². The van der Waals surface area contributed by atoms with Gasteiger partial charge in [0.15, 0.2) is 0 Å². The molecule has 7 heteroatoms. The molecule has 35 heavy (non-hydrogen) atoms. The van der Waals surface area contributed by atoms with Gasteiger partial charge in [-0.05, 0) is 29.3 Å². The summed E-state index contributed by atoms with van der Waals surface area (Å²) in [6.07, 6.45) is 0. The third-order valence-corrected chi connectivity index (χ3v) is 6.54. The Kier molecular flexibility index (Phi) is 6.70. The SMILES string of the molecule is O=C(NCC(c1ccccc1)N1CCOCC1)c1ccc2c(c1)C(=O)N(Cc1ccccc1)C2=O. The predicted molar refractivity (Wildman–Crippen MR) is 131 cm³/mol. The molecule has 2 aliphatic rings. The molecule has 1 saturated heterocycles. The molecular weight excluding hydrogens is 442 g/mol. The number of hydrogen-bond acceptors (Lipinski definition) is 5. The Morgan fingerprint density at radius 1 is 0.857 bits per heavy atom. The highest BCUT2D eigenvalue weighted by atomic mass is 16.5. The molecule has 0 radical (unpaired) electrons. The number of ether oxygens (including phenoxy) is 1. The number of fused-ring (bicyclic) bond motifs is 1. The van der Waals surface area contributed by atoms with Crippen LogP contribution in [0.5, 0.6) is 0 Å². The Morgan fingerprint density at radius 3 is 2.23 bits per heavy atom. The smallest absolute Gasteiger partial charge is 0.261 e. The second-order valence-corrected chi connectivity index (χ2v) is 8.73. The number of nitrogens with one attached hydrogen (secondary N) is 1. The number of hydrogen-bond donors (Lipinski definition) is 1. The monoisotopic (exact) mass is 469 g/mol. The molecule has 178 valence electrons. The molecule has 3 amide bonds. The number of morpholine rings is 1. The Balaban J connectivity index is 1.30. The van der Waals surface area contributed by atoms with E-state index in [0.717, 1.165) is 24.2 Å². The van der Waals surface area contributed by atoms with Crippen LogP contribution in [0.2, 0.25) is 0 Å². The zero-order chi connectivity index (χ0) is 24.2. The first-order valence-electron chi connectivity index (χ1n) is 11.8. The lowest BCUT2D eigenvalue weighted by molar-refractivity contribution is 0.0162. The first-order valence-corrected chi connectivity index (χ1v) is 11.8. The first-order chi connectivity index (χ1) is 17.1. The molecule has 1 unspecified atom stereocenters. The van der Waals surface area contributed by atoms with Crippen molar-refractivity contribution >= 4 is 17.7 Å². The van der Waals surface area contributed by atoms with Gasteiger partial charge in [0.2, 0.25) is 0 Å². The number of amides is 3. The van der Waals surface area contributed by atoms with Crippen LogP contribution in [0, 0.1) is 0 Å². The molecule has 0 saturated carbocycles. The second kappa shape index (κ2) is 10.2. The van der Waals surface area contributed by atoms with E-state index in [0.29, 0.717) is 30.9 Å². The largest absolute Gasteiger partial charge is 0.379 e. The van der Waals surface area contributed by atoms with Gasteiger partial charge in [-0.25, -0.2) is 0 Å². The third kappa shape index (κ3) is 4.87. The van der Waals surface area contributed by atoms with Gasteiger partial charge in [0.25, 0.3) is 17.7 Å². The van der Waals surface area contributed by atoms with Gasteiger partial charge < -0.3 is 10.1 Å². The number of carbonyl (C=O) groups excluding carboxylic acids is 3. The Morgan fingerprint density at radius 2 is 1.51 bits per heavy atom. The van der Waals surface area contributed by atoms with E-state index in [2.05, 4.69) is 22.3 Å². The molecule has 0 aromatic heterocycles. The molecule has 3 aromatic carbocycles. The van der Waals surface area contributed by atoms with Gasteiger partial charge >= 0.3 is 0 Å². The van der Waals surface area contributed by atoms with Crippen molar-refractivity contribution in [2.75, 3.05) is 32.8 Å². The summed E-state index contributed by atoms with van der Waals surface area (Å²) in [5, 5.41) is 3.03. The van der Waals surface area contributed by atoms with Crippen LogP contribution in [-0.4, -0.2) is 60.4 Å². The maximum atomic E-state index is 13.1. The average molecular weight is 470 g/mol.